The van der Waals surface area contributed by atoms with Gasteiger partial charge >= 0.3 is 0 Å². The molecule has 1 atom stereocenters. The van der Waals surface area contributed by atoms with Crippen LogP contribution in [0.4, 0.5) is 11.4 Å². The van der Waals surface area contributed by atoms with E-state index in [0.29, 0.717) is 18.8 Å². The monoisotopic (exact) mass is 412 g/mol. The Kier molecular flexibility index (Phi) is 8.21. The van der Waals surface area contributed by atoms with Crippen LogP contribution >= 0.6 is 0 Å². The Bertz CT molecular complexity index is 757. The van der Waals surface area contributed by atoms with E-state index in [9.17, 15) is 18.5 Å². The number of hydrogen-bond donors (Lipinski definition) is 1. The summed E-state index contributed by atoms with van der Waals surface area (Å²) in [5, 5.41) is 14.8. The lowest BCUT2D eigenvalue weighted by molar-refractivity contribution is -0.384. The van der Waals surface area contributed by atoms with Crippen molar-refractivity contribution in [3.63, 3.8) is 0 Å². The fraction of sp³-hybridized carbons (Fsp3) is 0.684. The van der Waals surface area contributed by atoms with Crippen molar-refractivity contribution in [2.24, 2.45) is 0 Å². The molecule has 1 aromatic rings. The van der Waals surface area contributed by atoms with Crippen LogP contribution in [0.3, 0.4) is 0 Å². The average Bonchev–Trinajstić information content (AvgIpc) is 2.96. The normalized spacial score (nSPS) is 17.3. The zero-order chi connectivity index (χ0) is 20.7. The summed E-state index contributed by atoms with van der Waals surface area (Å²) in [4.78, 5) is 13.3. The second kappa shape index (κ2) is 10.2. The first-order valence-corrected chi connectivity index (χ1v) is 11.5. The molecule has 1 aliphatic rings. The third kappa shape index (κ3) is 5.65. The highest BCUT2D eigenvalue weighted by molar-refractivity contribution is 7.89. The Morgan fingerprint density at radius 1 is 1.18 bits per heavy atom. The summed E-state index contributed by atoms with van der Waals surface area (Å²) in [7, 11) is -3.72. The molecule has 8 nitrogen and oxygen atoms in total. The second-order valence-corrected chi connectivity index (χ2v) is 9.22. The zero-order valence-electron chi connectivity index (χ0n) is 17.1. The molecular formula is C19H32N4O4S. The fourth-order valence-corrected chi connectivity index (χ4v) is 5.09. The zero-order valence-corrected chi connectivity index (χ0v) is 17.9. The van der Waals surface area contributed by atoms with E-state index >= 15 is 0 Å². The Labute approximate surface area is 168 Å². The van der Waals surface area contributed by atoms with E-state index in [0.717, 1.165) is 45.3 Å². The quantitative estimate of drug-likeness (QED) is 0.494. The molecule has 0 bridgehead atoms. The number of sulfonamides is 1. The Balaban J connectivity index is 2.25. The highest BCUT2D eigenvalue weighted by atomic mass is 32.2. The lowest BCUT2D eigenvalue weighted by atomic mass is 10.2. The van der Waals surface area contributed by atoms with Gasteiger partial charge in [0.15, 0.2) is 0 Å². The minimum absolute atomic E-state index is 0.00772. The number of anilines is 1. The third-order valence-corrected chi connectivity index (χ3v) is 7.09. The van der Waals surface area contributed by atoms with Crippen molar-refractivity contribution in [2.45, 2.75) is 57.4 Å². The van der Waals surface area contributed by atoms with Gasteiger partial charge in [-0.2, -0.15) is 4.31 Å². The molecule has 1 aliphatic heterocycles. The molecule has 1 heterocycles. The van der Waals surface area contributed by atoms with Gasteiger partial charge in [0.2, 0.25) is 10.0 Å². The van der Waals surface area contributed by atoms with Crippen molar-refractivity contribution in [1.29, 1.82) is 0 Å². The minimum atomic E-state index is -3.72. The Morgan fingerprint density at radius 2 is 1.79 bits per heavy atom. The lowest BCUT2D eigenvalue weighted by Gasteiger charge is -2.24. The van der Waals surface area contributed by atoms with Crippen LogP contribution in [0, 0.1) is 10.1 Å². The van der Waals surface area contributed by atoms with Crippen LogP contribution in [0.2, 0.25) is 0 Å². The summed E-state index contributed by atoms with van der Waals surface area (Å²) in [5.74, 6) is 0. The second-order valence-electron chi connectivity index (χ2n) is 7.29. The molecule has 9 heteroatoms. The topological polar surface area (TPSA) is 95.8 Å². The molecule has 0 radical (unpaired) electrons. The molecule has 1 saturated heterocycles. The SMILES string of the molecule is CCN(CC)C[C@H](C)Nc1ccc(S(=O)(=O)N2CCCCCC2)cc1[N+](=O)[O-]. The Morgan fingerprint density at radius 3 is 2.32 bits per heavy atom. The van der Waals surface area contributed by atoms with E-state index in [4.69, 9.17) is 0 Å². The van der Waals surface area contributed by atoms with Gasteiger partial charge in [0.05, 0.1) is 9.82 Å². The van der Waals surface area contributed by atoms with Crippen molar-refractivity contribution >= 4 is 21.4 Å². The summed E-state index contributed by atoms with van der Waals surface area (Å²) in [6.07, 6.45) is 3.67. The van der Waals surface area contributed by atoms with Crippen molar-refractivity contribution in [3.8, 4) is 0 Å². The van der Waals surface area contributed by atoms with Gasteiger partial charge in [-0.1, -0.05) is 26.7 Å². The summed E-state index contributed by atoms with van der Waals surface area (Å²) in [6.45, 7) is 9.59. The van der Waals surface area contributed by atoms with Crippen LogP contribution in [-0.2, 0) is 10.0 Å². The predicted octanol–water partition coefficient (Wildman–Crippen LogP) is 3.30. The van der Waals surface area contributed by atoms with Gasteiger partial charge in [0.25, 0.3) is 5.69 Å². The lowest BCUT2D eigenvalue weighted by Crippen LogP contribution is -2.35. The molecule has 28 heavy (non-hydrogen) atoms. The van der Waals surface area contributed by atoms with Crippen LogP contribution in [0.1, 0.15) is 46.5 Å². The highest BCUT2D eigenvalue weighted by Gasteiger charge is 2.28. The van der Waals surface area contributed by atoms with Crippen LogP contribution in [0.5, 0.6) is 0 Å². The summed E-state index contributed by atoms with van der Waals surface area (Å²) in [5.41, 5.74) is 0.141. The summed E-state index contributed by atoms with van der Waals surface area (Å²) in [6, 6.07) is 4.17. The van der Waals surface area contributed by atoms with Crippen LogP contribution in [0.15, 0.2) is 23.1 Å². The fourth-order valence-electron chi connectivity index (χ4n) is 3.56. The molecule has 1 N–H and O–H groups in total. The molecule has 0 saturated carbocycles. The first kappa shape index (κ1) is 22.6. The van der Waals surface area contributed by atoms with E-state index in [1.165, 1.54) is 22.5 Å². The van der Waals surface area contributed by atoms with Crippen LogP contribution in [0.25, 0.3) is 0 Å². The van der Waals surface area contributed by atoms with Crippen LogP contribution < -0.4 is 5.32 Å². The standard InChI is InChI=1S/C19H32N4O4S/c1-4-21(5-2)15-16(3)20-18-11-10-17(14-19(18)23(24)25)28(26,27)22-12-8-6-7-9-13-22/h10-11,14,16,20H,4-9,12-13,15H2,1-3H3/t16-/m0/s1. The molecule has 0 amide bonds. The molecule has 158 valence electrons. The van der Waals surface area contributed by atoms with Gasteiger partial charge in [-0.25, -0.2) is 8.42 Å². The minimum Gasteiger partial charge on any atom is -0.376 e. The van der Waals surface area contributed by atoms with E-state index in [1.54, 1.807) is 0 Å². The van der Waals surface area contributed by atoms with E-state index < -0.39 is 14.9 Å². The first-order valence-electron chi connectivity index (χ1n) is 10.1. The number of nitro groups is 1. The number of nitrogens with zero attached hydrogens (tertiary/aromatic N) is 3. The number of rotatable bonds is 9. The van der Waals surface area contributed by atoms with Crippen molar-refractivity contribution in [1.82, 2.24) is 9.21 Å². The predicted molar refractivity (Wildman–Crippen MR) is 111 cm³/mol. The van der Waals surface area contributed by atoms with Gasteiger partial charge in [0, 0.05) is 31.7 Å². The van der Waals surface area contributed by atoms with E-state index in [1.807, 2.05) is 6.92 Å². The van der Waals surface area contributed by atoms with Gasteiger partial charge in [-0.3, -0.25) is 10.1 Å². The van der Waals surface area contributed by atoms with Crippen molar-refractivity contribution in [2.75, 3.05) is 38.0 Å². The molecule has 1 fully saturated rings. The number of nitrogens with one attached hydrogen (secondary N) is 1. The highest BCUT2D eigenvalue weighted by Crippen LogP contribution is 2.30. The third-order valence-electron chi connectivity index (χ3n) is 5.20. The van der Waals surface area contributed by atoms with E-state index in [2.05, 4.69) is 24.1 Å². The van der Waals surface area contributed by atoms with E-state index in [-0.39, 0.29) is 16.6 Å². The largest absolute Gasteiger partial charge is 0.376 e. The molecule has 0 unspecified atom stereocenters. The first-order chi connectivity index (χ1) is 13.3. The summed E-state index contributed by atoms with van der Waals surface area (Å²) >= 11 is 0. The maximum Gasteiger partial charge on any atom is 0.293 e. The molecule has 0 spiro atoms. The van der Waals surface area contributed by atoms with Gasteiger partial charge in [0.1, 0.15) is 5.69 Å². The van der Waals surface area contributed by atoms with Crippen LogP contribution in [-0.4, -0.2) is 61.3 Å². The number of likely N-dealkylation sites (N-methyl/N-ethyl adjacent to an activating group) is 1. The van der Waals surface area contributed by atoms with Gasteiger partial charge in [-0.15, -0.1) is 0 Å². The maximum atomic E-state index is 12.9. The van der Waals surface area contributed by atoms with Gasteiger partial charge < -0.3 is 10.2 Å². The maximum absolute atomic E-state index is 12.9. The molecule has 1 aromatic carbocycles. The average molecular weight is 413 g/mol. The smallest absolute Gasteiger partial charge is 0.293 e. The molecule has 2 rings (SSSR count). The number of benzene rings is 1. The summed E-state index contributed by atoms with van der Waals surface area (Å²) < 4.78 is 27.3. The number of nitro benzene ring substituents is 1. The van der Waals surface area contributed by atoms with Crippen molar-refractivity contribution < 1.29 is 13.3 Å². The van der Waals surface area contributed by atoms with Crippen molar-refractivity contribution in [3.05, 3.63) is 28.3 Å². The molecule has 0 aliphatic carbocycles. The molecular weight excluding hydrogens is 380 g/mol. The number of hydrogen-bond acceptors (Lipinski definition) is 6. The Hall–Kier alpha value is -1.71. The van der Waals surface area contributed by atoms with Gasteiger partial charge in [-0.05, 0) is 45.0 Å². The molecule has 0 aromatic heterocycles.